The van der Waals surface area contributed by atoms with Crippen LogP contribution in [0.1, 0.15) is 110 Å². The summed E-state index contributed by atoms with van der Waals surface area (Å²) in [5, 5.41) is 0. The van der Waals surface area contributed by atoms with Gasteiger partial charge in [-0.15, -0.1) is 22.7 Å². The largest absolute Gasteiger partial charge is 0.297 e. The number of unbranched alkanes of at least 4 members (excludes halogenated alkanes) is 10. The Bertz CT molecular complexity index is 1400. The lowest BCUT2D eigenvalue weighted by molar-refractivity contribution is 0.111. The van der Waals surface area contributed by atoms with Crippen LogP contribution in [0.15, 0.2) is 70.5 Å². The van der Waals surface area contributed by atoms with Crippen LogP contribution in [0.4, 0.5) is 0 Å². The van der Waals surface area contributed by atoms with Crippen molar-refractivity contribution in [2.24, 2.45) is 0 Å². The van der Waals surface area contributed by atoms with Crippen molar-refractivity contribution in [3.63, 3.8) is 0 Å². The van der Waals surface area contributed by atoms with Crippen molar-refractivity contribution < 1.29 is 9.59 Å². The summed E-state index contributed by atoms with van der Waals surface area (Å²) in [5.74, 6) is 2.49. The molecule has 1 aliphatic heterocycles. The molecule has 0 N–H and O–H groups in total. The molecule has 5 heteroatoms. The number of hydrogen-bond donors (Lipinski definition) is 0. The maximum atomic E-state index is 11.5. The molecule has 0 radical (unpaired) electrons. The lowest BCUT2D eigenvalue weighted by Gasteiger charge is -2.39. The molecule has 3 heterocycles. The second-order valence-electron chi connectivity index (χ2n) is 11.9. The van der Waals surface area contributed by atoms with Crippen molar-refractivity contribution in [1.82, 2.24) is 0 Å². The van der Waals surface area contributed by atoms with Crippen molar-refractivity contribution in [2.45, 2.75) is 101 Å². The first kappa shape index (κ1) is 31.9. The second-order valence-corrected chi connectivity index (χ2v) is 17.6. The molecule has 4 aromatic rings. The fraction of sp³-hybridized carbons (Fsp3) is 0.421. The quantitative estimate of drug-likeness (QED) is 0.0809. The molecule has 2 aromatic carbocycles. The zero-order valence-corrected chi connectivity index (χ0v) is 28.3. The van der Waals surface area contributed by atoms with Gasteiger partial charge in [0.05, 0.1) is 9.75 Å². The SMILES string of the molecule is CCCCCCCCS1(CCCCCCCC)c2cc(-c3ccc(C=O)s3)ccc2-c2ccc(-c3ccc(C=O)s3)cc21. The molecule has 1 aliphatic rings. The Morgan fingerprint density at radius 1 is 0.535 bits per heavy atom. The summed E-state index contributed by atoms with van der Waals surface area (Å²) in [7, 11) is -1.25. The molecule has 0 unspecified atom stereocenters. The maximum Gasteiger partial charge on any atom is 0.160 e. The lowest BCUT2D eigenvalue weighted by Crippen LogP contribution is -2.10. The summed E-state index contributed by atoms with van der Waals surface area (Å²) in [6.45, 7) is 4.58. The van der Waals surface area contributed by atoms with Crippen LogP contribution in [0.2, 0.25) is 0 Å². The van der Waals surface area contributed by atoms with Crippen LogP contribution in [0.5, 0.6) is 0 Å². The molecule has 0 atom stereocenters. The van der Waals surface area contributed by atoms with Crippen molar-refractivity contribution in [3.8, 4) is 32.0 Å². The summed E-state index contributed by atoms with van der Waals surface area (Å²) in [4.78, 5) is 30.0. The van der Waals surface area contributed by atoms with E-state index in [0.717, 1.165) is 22.3 Å². The zero-order valence-electron chi connectivity index (χ0n) is 25.9. The minimum atomic E-state index is -1.25. The van der Waals surface area contributed by atoms with E-state index in [9.17, 15) is 9.59 Å². The monoisotopic (exact) mass is 630 g/mol. The Labute approximate surface area is 268 Å². The van der Waals surface area contributed by atoms with E-state index in [2.05, 4.69) is 62.4 Å². The number of aldehydes is 2. The predicted molar refractivity (Wildman–Crippen MR) is 190 cm³/mol. The molecule has 0 saturated heterocycles. The number of thiophene rings is 2. The van der Waals surface area contributed by atoms with Crippen LogP contribution in [-0.4, -0.2) is 24.1 Å². The summed E-state index contributed by atoms with van der Waals surface area (Å²) >= 11 is 3.18. The normalized spacial score (nSPS) is 13.9. The maximum absolute atomic E-state index is 11.5. The minimum absolute atomic E-state index is 0.784. The minimum Gasteiger partial charge on any atom is -0.297 e. The van der Waals surface area contributed by atoms with Crippen molar-refractivity contribution >= 4 is 45.3 Å². The van der Waals surface area contributed by atoms with Gasteiger partial charge in [-0.3, -0.25) is 9.59 Å². The lowest BCUT2D eigenvalue weighted by atomic mass is 10.0. The van der Waals surface area contributed by atoms with Crippen LogP contribution >= 0.6 is 32.7 Å². The van der Waals surface area contributed by atoms with E-state index >= 15 is 0 Å². The predicted octanol–water partition coefficient (Wildman–Crippen LogP) is 12.7. The average molecular weight is 631 g/mol. The third kappa shape index (κ3) is 7.27. The third-order valence-electron chi connectivity index (χ3n) is 8.84. The molecule has 5 rings (SSSR count). The van der Waals surface area contributed by atoms with Crippen LogP contribution < -0.4 is 0 Å². The molecule has 0 spiro atoms. The van der Waals surface area contributed by atoms with Gasteiger partial charge in [-0.05, 0) is 83.0 Å². The Balaban J connectivity index is 1.56. The molecular weight excluding hydrogens is 585 g/mol. The van der Waals surface area contributed by atoms with E-state index in [0.29, 0.717) is 0 Å². The standard InChI is InChI=1S/C38H46O2S3/c1-3-5-7-9-11-13-23-43(24-14-12-10-8-6-4-2)37-25-29(35-21-17-31(27-39)41-35)15-19-33(37)34-20-16-30(26-38(34)43)36-22-18-32(28-40)42-36/h15-22,25-28H,3-14,23-24H2,1-2H3. The summed E-state index contributed by atoms with van der Waals surface area (Å²) in [6.07, 6.45) is 17.6. The molecule has 228 valence electrons. The van der Waals surface area contributed by atoms with E-state index in [1.807, 2.05) is 12.1 Å². The molecule has 0 saturated carbocycles. The molecule has 43 heavy (non-hydrogen) atoms. The highest BCUT2D eigenvalue weighted by Crippen LogP contribution is 2.73. The highest BCUT2D eigenvalue weighted by Gasteiger charge is 2.38. The summed E-state index contributed by atoms with van der Waals surface area (Å²) in [5.41, 5.74) is 5.29. The fourth-order valence-corrected chi connectivity index (χ4v) is 12.8. The first-order chi connectivity index (χ1) is 21.1. The topological polar surface area (TPSA) is 34.1 Å². The highest BCUT2D eigenvalue weighted by atomic mass is 32.3. The first-order valence-electron chi connectivity index (χ1n) is 16.3. The smallest absolute Gasteiger partial charge is 0.160 e. The van der Waals surface area contributed by atoms with Gasteiger partial charge in [0.15, 0.2) is 12.6 Å². The number of fused-ring (bicyclic) bond motifs is 3. The van der Waals surface area contributed by atoms with E-state index in [-0.39, 0.29) is 0 Å². The summed E-state index contributed by atoms with van der Waals surface area (Å²) in [6, 6.07) is 22.3. The molecule has 0 fully saturated rings. The average Bonchev–Trinajstić information content (AvgIpc) is 3.78. The van der Waals surface area contributed by atoms with Crippen LogP contribution in [0, 0.1) is 0 Å². The van der Waals surface area contributed by atoms with Crippen LogP contribution in [-0.2, 0) is 0 Å². The van der Waals surface area contributed by atoms with Crippen LogP contribution in [0.3, 0.4) is 0 Å². The van der Waals surface area contributed by atoms with E-state index in [1.165, 1.54) is 121 Å². The number of carbonyl (C=O) groups is 2. The highest BCUT2D eigenvalue weighted by molar-refractivity contribution is 8.34. The second kappa shape index (κ2) is 15.5. The number of hydrogen-bond acceptors (Lipinski definition) is 4. The van der Waals surface area contributed by atoms with Crippen molar-refractivity contribution in [2.75, 3.05) is 11.5 Å². The van der Waals surface area contributed by atoms with Gasteiger partial charge < -0.3 is 0 Å². The van der Waals surface area contributed by atoms with E-state index < -0.39 is 10.0 Å². The zero-order chi connectivity index (χ0) is 30.1. The molecule has 0 bridgehead atoms. The fourth-order valence-electron chi connectivity index (χ4n) is 6.50. The Kier molecular flexibility index (Phi) is 11.5. The number of carbonyl (C=O) groups excluding carboxylic acids is 2. The molecule has 2 aromatic heterocycles. The van der Waals surface area contributed by atoms with Gasteiger partial charge in [-0.2, -0.15) is 10.0 Å². The van der Waals surface area contributed by atoms with E-state index in [1.54, 1.807) is 32.5 Å². The van der Waals surface area contributed by atoms with Crippen molar-refractivity contribution in [1.29, 1.82) is 0 Å². The molecule has 0 aliphatic carbocycles. The van der Waals surface area contributed by atoms with Gasteiger partial charge in [-0.1, -0.05) is 102 Å². The van der Waals surface area contributed by atoms with Gasteiger partial charge in [-0.25, -0.2) is 0 Å². The van der Waals surface area contributed by atoms with Gasteiger partial charge in [0.25, 0.3) is 0 Å². The van der Waals surface area contributed by atoms with Gasteiger partial charge in [0, 0.05) is 19.5 Å². The third-order valence-corrected chi connectivity index (χ3v) is 15.3. The summed E-state index contributed by atoms with van der Waals surface area (Å²) < 4.78 is 0. The Hall–Kier alpha value is -2.47. The Morgan fingerprint density at radius 2 is 0.953 bits per heavy atom. The van der Waals surface area contributed by atoms with Gasteiger partial charge in [0.1, 0.15) is 0 Å². The molecular formula is C38H46O2S3. The molecule has 0 amide bonds. The van der Waals surface area contributed by atoms with Crippen molar-refractivity contribution in [3.05, 3.63) is 70.4 Å². The number of rotatable bonds is 18. The van der Waals surface area contributed by atoms with Crippen LogP contribution in [0.25, 0.3) is 32.0 Å². The molecule has 2 nitrogen and oxygen atoms in total. The van der Waals surface area contributed by atoms with Gasteiger partial charge >= 0.3 is 0 Å². The van der Waals surface area contributed by atoms with E-state index in [4.69, 9.17) is 0 Å². The first-order valence-corrected chi connectivity index (χ1v) is 19.9. The van der Waals surface area contributed by atoms with Gasteiger partial charge in [0.2, 0.25) is 0 Å². The number of benzene rings is 2. The Morgan fingerprint density at radius 3 is 1.35 bits per heavy atom.